The molecule has 1 saturated carbocycles. The van der Waals surface area contributed by atoms with E-state index < -0.39 is 12.0 Å². The average Bonchev–Trinajstić information content (AvgIpc) is 3.35. The fourth-order valence-electron chi connectivity index (χ4n) is 4.19. The molecule has 2 amide bonds. The minimum Gasteiger partial charge on any atom is -0.331 e. The van der Waals surface area contributed by atoms with Crippen LogP contribution < -0.4 is 5.32 Å². The van der Waals surface area contributed by atoms with Crippen LogP contribution in [0.15, 0.2) is 30.3 Å². The molecule has 28 heavy (non-hydrogen) atoms. The maximum absolute atomic E-state index is 13.0. The normalized spacial score (nSPS) is 18.8. The van der Waals surface area contributed by atoms with Crippen LogP contribution in [0.25, 0.3) is 0 Å². The molecule has 1 aromatic carbocycles. The molecule has 1 aromatic heterocycles. The molecule has 6 nitrogen and oxygen atoms in total. The van der Waals surface area contributed by atoms with Gasteiger partial charge in [0, 0.05) is 13.1 Å². The molecule has 1 aliphatic carbocycles. The molecule has 2 aliphatic rings. The predicted octanol–water partition coefficient (Wildman–Crippen LogP) is 3.75. The lowest BCUT2D eigenvalue weighted by molar-refractivity contribution is -0.147. The third-order valence-corrected chi connectivity index (χ3v) is 5.60. The lowest BCUT2D eigenvalue weighted by Gasteiger charge is -2.32. The first-order chi connectivity index (χ1) is 13.4. The number of alkyl halides is 3. The van der Waals surface area contributed by atoms with Crippen molar-refractivity contribution in [3.8, 4) is 0 Å². The highest BCUT2D eigenvalue weighted by Crippen LogP contribution is 2.36. The first-order valence-corrected chi connectivity index (χ1v) is 9.53. The number of fused-ring (bicyclic) bond motifs is 1. The number of carbonyl (C=O) groups excluding carboxylic acids is 1. The molecule has 0 spiro atoms. The number of nitrogens with zero attached hydrogens (tertiary/aromatic N) is 4. The molecular formula is C19H22F3N5O. The Morgan fingerprint density at radius 1 is 1.11 bits per heavy atom. The van der Waals surface area contributed by atoms with Crippen LogP contribution in [0.3, 0.4) is 0 Å². The number of hydrogen-bond donors (Lipinski definition) is 1. The summed E-state index contributed by atoms with van der Waals surface area (Å²) in [5.41, 5.74) is 1.06. The number of amides is 2. The molecule has 1 unspecified atom stereocenters. The van der Waals surface area contributed by atoms with Crippen LogP contribution >= 0.6 is 0 Å². The third-order valence-electron chi connectivity index (χ3n) is 5.60. The Bertz CT molecular complexity index is 830. The van der Waals surface area contributed by atoms with Crippen LogP contribution in [-0.2, 0) is 19.3 Å². The minimum absolute atomic E-state index is 0.0150. The van der Waals surface area contributed by atoms with Gasteiger partial charge in [0.2, 0.25) is 5.82 Å². The lowest BCUT2D eigenvalue weighted by atomic mass is 9.92. The molecule has 0 saturated heterocycles. The number of rotatable bonds is 3. The molecule has 1 atom stereocenters. The maximum Gasteiger partial charge on any atom is 0.451 e. The molecular weight excluding hydrogens is 371 g/mol. The van der Waals surface area contributed by atoms with Crippen molar-refractivity contribution in [1.82, 2.24) is 25.0 Å². The van der Waals surface area contributed by atoms with Gasteiger partial charge in [0.05, 0.1) is 12.6 Å². The summed E-state index contributed by atoms with van der Waals surface area (Å²) in [6, 6.07) is 9.48. The van der Waals surface area contributed by atoms with Gasteiger partial charge in [-0.05, 0) is 24.3 Å². The Labute approximate surface area is 160 Å². The highest BCUT2D eigenvalue weighted by atomic mass is 19.4. The molecule has 0 radical (unpaired) electrons. The van der Waals surface area contributed by atoms with E-state index in [9.17, 15) is 18.0 Å². The largest absolute Gasteiger partial charge is 0.451 e. The van der Waals surface area contributed by atoms with Crippen LogP contribution in [-0.4, -0.2) is 32.2 Å². The molecule has 0 bridgehead atoms. The van der Waals surface area contributed by atoms with Crippen molar-refractivity contribution in [2.45, 2.75) is 51.0 Å². The molecule has 2 heterocycles. The van der Waals surface area contributed by atoms with Gasteiger partial charge in [-0.1, -0.05) is 43.2 Å². The SMILES string of the molecule is O=C(NC(c1ccccc1)C1CCCC1)N1CCn2c(nnc2C(F)(F)F)C1. The zero-order valence-corrected chi connectivity index (χ0v) is 15.3. The van der Waals surface area contributed by atoms with Gasteiger partial charge in [0.25, 0.3) is 0 Å². The van der Waals surface area contributed by atoms with Crippen LogP contribution in [0.5, 0.6) is 0 Å². The van der Waals surface area contributed by atoms with Crippen LogP contribution in [0.2, 0.25) is 0 Å². The lowest BCUT2D eigenvalue weighted by Crippen LogP contribution is -2.46. The summed E-state index contributed by atoms with van der Waals surface area (Å²) in [5, 5.41) is 10.0. The highest BCUT2D eigenvalue weighted by Gasteiger charge is 2.40. The van der Waals surface area contributed by atoms with E-state index in [2.05, 4.69) is 15.5 Å². The van der Waals surface area contributed by atoms with E-state index in [-0.39, 0.29) is 37.5 Å². The standard InChI is InChI=1S/C19H22F3N5O/c20-19(21,22)17-25-24-15-12-26(10-11-27(15)17)18(28)23-16(14-8-4-5-9-14)13-6-2-1-3-7-13/h1-3,6-7,14,16H,4-5,8-12H2,(H,23,28). The van der Waals surface area contributed by atoms with Crippen molar-refractivity contribution in [2.75, 3.05) is 6.54 Å². The Morgan fingerprint density at radius 2 is 1.82 bits per heavy atom. The van der Waals surface area contributed by atoms with Gasteiger partial charge in [0.1, 0.15) is 0 Å². The van der Waals surface area contributed by atoms with Gasteiger partial charge in [-0.3, -0.25) is 0 Å². The monoisotopic (exact) mass is 393 g/mol. The fraction of sp³-hybridized carbons (Fsp3) is 0.526. The summed E-state index contributed by atoms with van der Waals surface area (Å²) < 4.78 is 40.0. The molecule has 1 N–H and O–H groups in total. The van der Waals surface area contributed by atoms with Gasteiger partial charge >= 0.3 is 12.2 Å². The van der Waals surface area contributed by atoms with Gasteiger partial charge in [-0.15, -0.1) is 10.2 Å². The minimum atomic E-state index is -4.55. The van der Waals surface area contributed by atoms with E-state index >= 15 is 0 Å². The zero-order chi connectivity index (χ0) is 19.7. The number of benzene rings is 1. The van der Waals surface area contributed by atoms with Crippen molar-refractivity contribution in [1.29, 1.82) is 0 Å². The summed E-state index contributed by atoms with van der Waals surface area (Å²) in [5.74, 6) is -0.474. The fourth-order valence-corrected chi connectivity index (χ4v) is 4.19. The van der Waals surface area contributed by atoms with E-state index in [4.69, 9.17) is 0 Å². The number of halogens is 3. The van der Waals surface area contributed by atoms with Gasteiger partial charge in [-0.25, -0.2) is 4.79 Å². The van der Waals surface area contributed by atoms with Gasteiger partial charge in [-0.2, -0.15) is 13.2 Å². The third kappa shape index (κ3) is 3.70. The summed E-state index contributed by atoms with van der Waals surface area (Å²) in [6.45, 7) is 0.233. The summed E-state index contributed by atoms with van der Waals surface area (Å²) in [4.78, 5) is 14.4. The van der Waals surface area contributed by atoms with Gasteiger partial charge < -0.3 is 14.8 Å². The number of carbonyl (C=O) groups is 1. The molecule has 4 rings (SSSR count). The molecule has 1 fully saturated rings. The van der Waals surface area contributed by atoms with Crippen molar-refractivity contribution in [2.24, 2.45) is 5.92 Å². The molecule has 1 aliphatic heterocycles. The number of hydrogen-bond acceptors (Lipinski definition) is 3. The van der Waals surface area contributed by atoms with Crippen LogP contribution in [0, 0.1) is 5.92 Å². The Balaban J connectivity index is 1.49. The van der Waals surface area contributed by atoms with Crippen LogP contribution in [0.1, 0.15) is 48.9 Å². The molecule has 150 valence electrons. The van der Waals surface area contributed by atoms with Crippen molar-refractivity contribution >= 4 is 6.03 Å². The van der Waals surface area contributed by atoms with E-state index in [1.807, 2.05) is 30.3 Å². The van der Waals surface area contributed by atoms with Crippen molar-refractivity contribution < 1.29 is 18.0 Å². The first-order valence-electron chi connectivity index (χ1n) is 9.53. The van der Waals surface area contributed by atoms with Crippen molar-refractivity contribution in [3.63, 3.8) is 0 Å². The Morgan fingerprint density at radius 3 is 2.50 bits per heavy atom. The summed E-state index contributed by atoms with van der Waals surface area (Å²) >= 11 is 0. The van der Waals surface area contributed by atoms with E-state index in [1.165, 1.54) is 4.90 Å². The quantitative estimate of drug-likeness (QED) is 0.864. The highest BCUT2D eigenvalue weighted by molar-refractivity contribution is 5.74. The van der Waals surface area contributed by atoms with Crippen molar-refractivity contribution in [3.05, 3.63) is 47.5 Å². The second kappa shape index (κ2) is 7.44. The predicted molar refractivity (Wildman–Crippen MR) is 95.1 cm³/mol. The second-order valence-corrected chi connectivity index (χ2v) is 7.39. The van der Waals surface area contributed by atoms with E-state index in [0.29, 0.717) is 5.92 Å². The van der Waals surface area contributed by atoms with E-state index in [0.717, 1.165) is 35.8 Å². The first kappa shape index (κ1) is 18.8. The van der Waals surface area contributed by atoms with Crippen LogP contribution in [0.4, 0.5) is 18.0 Å². The summed E-state index contributed by atoms with van der Waals surface area (Å²) in [7, 11) is 0. The Kier molecular flexibility index (Phi) is 4.99. The molecule has 9 heteroatoms. The van der Waals surface area contributed by atoms with Gasteiger partial charge in [0.15, 0.2) is 5.82 Å². The second-order valence-electron chi connectivity index (χ2n) is 7.39. The number of nitrogens with one attached hydrogen (secondary N) is 1. The maximum atomic E-state index is 13.0. The molecule has 2 aromatic rings. The average molecular weight is 393 g/mol. The Hall–Kier alpha value is -2.58. The number of aromatic nitrogens is 3. The summed E-state index contributed by atoms with van der Waals surface area (Å²) in [6.07, 6.45) is -0.128. The smallest absolute Gasteiger partial charge is 0.331 e. The van der Waals surface area contributed by atoms with E-state index in [1.54, 1.807) is 0 Å². The topological polar surface area (TPSA) is 63.1 Å². The number of urea groups is 1. The zero-order valence-electron chi connectivity index (χ0n) is 15.3.